The van der Waals surface area contributed by atoms with Crippen molar-refractivity contribution in [2.24, 2.45) is 5.92 Å². The number of amides is 1. The highest BCUT2D eigenvalue weighted by Gasteiger charge is 2.23. The monoisotopic (exact) mass is 233 g/mol. The average Bonchev–Trinajstić information content (AvgIpc) is 2.38. The van der Waals surface area contributed by atoms with E-state index in [0.29, 0.717) is 11.4 Å². The number of nitrogens with zero attached hydrogens (tertiary/aromatic N) is 2. The molecule has 1 aliphatic rings. The van der Waals surface area contributed by atoms with E-state index in [1.54, 1.807) is 18.3 Å². The van der Waals surface area contributed by atoms with Gasteiger partial charge in [0.05, 0.1) is 0 Å². The topological polar surface area (TPSA) is 59.2 Å². The van der Waals surface area contributed by atoms with E-state index in [2.05, 4.69) is 11.9 Å². The Balaban J connectivity index is 2.02. The zero-order chi connectivity index (χ0) is 12.3. The lowest BCUT2D eigenvalue weighted by Crippen LogP contribution is -2.38. The van der Waals surface area contributed by atoms with Crippen LogP contribution in [0.1, 0.15) is 36.7 Å². The van der Waals surface area contributed by atoms with Gasteiger partial charge in [0, 0.05) is 25.0 Å². The van der Waals surface area contributed by atoms with Crippen molar-refractivity contribution in [3.8, 4) is 0 Å². The molecule has 0 aliphatic carbocycles. The molecule has 4 heteroatoms. The molecule has 1 amide bonds. The highest BCUT2D eigenvalue weighted by atomic mass is 16.2. The summed E-state index contributed by atoms with van der Waals surface area (Å²) in [6, 6.07) is 3.34. The fourth-order valence-electron chi connectivity index (χ4n) is 2.27. The van der Waals surface area contributed by atoms with Crippen LogP contribution in [0.3, 0.4) is 0 Å². The number of piperidine rings is 1. The van der Waals surface area contributed by atoms with Crippen LogP contribution >= 0.6 is 0 Å². The van der Waals surface area contributed by atoms with Crippen LogP contribution in [-0.2, 0) is 0 Å². The summed E-state index contributed by atoms with van der Waals surface area (Å²) < 4.78 is 0. The Kier molecular flexibility index (Phi) is 3.61. The largest absolute Gasteiger partial charge is 0.399 e. The Morgan fingerprint density at radius 2 is 2.24 bits per heavy atom. The minimum absolute atomic E-state index is 0.00635. The van der Waals surface area contributed by atoms with Gasteiger partial charge in [-0.05, 0) is 30.9 Å². The van der Waals surface area contributed by atoms with Crippen molar-refractivity contribution in [1.29, 1.82) is 0 Å². The van der Waals surface area contributed by atoms with Gasteiger partial charge in [-0.15, -0.1) is 0 Å². The first-order valence-electron chi connectivity index (χ1n) is 6.21. The smallest absolute Gasteiger partial charge is 0.272 e. The molecule has 0 aromatic carbocycles. The average molecular weight is 233 g/mol. The zero-order valence-electron chi connectivity index (χ0n) is 10.2. The third-order valence-electron chi connectivity index (χ3n) is 3.48. The summed E-state index contributed by atoms with van der Waals surface area (Å²) in [5.41, 5.74) is 6.71. The van der Waals surface area contributed by atoms with Crippen LogP contribution in [0.25, 0.3) is 0 Å². The number of pyridine rings is 1. The second kappa shape index (κ2) is 5.17. The quantitative estimate of drug-likeness (QED) is 0.849. The molecule has 2 N–H and O–H groups in total. The molecule has 0 radical (unpaired) electrons. The maximum Gasteiger partial charge on any atom is 0.272 e. The lowest BCUT2D eigenvalue weighted by Gasteiger charge is -2.31. The number of likely N-dealkylation sites (tertiary alicyclic amines) is 1. The van der Waals surface area contributed by atoms with Crippen LogP contribution in [0, 0.1) is 5.92 Å². The number of carbonyl (C=O) groups excluding carboxylic acids is 1. The van der Waals surface area contributed by atoms with E-state index in [0.717, 1.165) is 31.8 Å². The van der Waals surface area contributed by atoms with Crippen LogP contribution in [-0.4, -0.2) is 28.9 Å². The van der Waals surface area contributed by atoms with E-state index in [4.69, 9.17) is 5.73 Å². The molecule has 1 fully saturated rings. The molecule has 0 saturated carbocycles. The highest BCUT2D eigenvalue weighted by molar-refractivity contribution is 5.93. The molecular weight excluding hydrogens is 214 g/mol. The van der Waals surface area contributed by atoms with Gasteiger partial charge in [-0.25, -0.2) is 0 Å². The maximum absolute atomic E-state index is 12.2. The number of nitrogen functional groups attached to an aromatic ring is 1. The molecule has 0 atom stereocenters. The van der Waals surface area contributed by atoms with Crippen LogP contribution < -0.4 is 5.73 Å². The number of hydrogen-bond acceptors (Lipinski definition) is 3. The number of carbonyl (C=O) groups is 1. The summed E-state index contributed by atoms with van der Waals surface area (Å²) in [5, 5.41) is 0. The minimum atomic E-state index is 0.00635. The molecule has 2 rings (SSSR count). The third kappa shape index (κ3) is 2.75. The second-order valence-corrected chi connectivity index (χ2v) is 4.62. The number of rotatable bonds is 2. The van der Waals surface area contributed by atoms with Crippen molar-refractivity contribution in [1.82, 2.24) is 9.88 Å². The Labute approximate surface area is 102 Å². The first kappa shape index (κ1) is 11.9. The van der Waals surface area contributed by atoms with E-state index < -0.39 is 0 Å². The van der Waals surface area contributed by atoms with Crippen molar-refractivity contribution in [2.45, 2.75) is 26.2 Å². The van der Waals surface area contributed by atoms with Crippen LogP contribution in [0.4, 0.5) is 5.69 Å². The van der Waals surface area contributed by atoms with Gasteiger partial charge in [0.1, 0.15) is 5.69 Å². The van der Waals surface area contributed by atoms with Crippen molar-refractivity contribution >= 4 is 11.6 Å². The van der Waals surface area contributed by atoms with Gasteiger partial charge in [0.25, 0.3) is 5.91 Å². The molecule has 2 heterocycles. The lowest BCUT2D eigenvalue weighted by atomic mass is 9.94. The predicted molar refractivity (Wildman–Crippen MR) is 67.6 cm³/mol. The van der Waals surface area contributed by atoms with Crippen LogP contribution in [0.5, 0.6) is 0 Å². The fraction of sp³-hybridized carbons (Fsp3) is 0.538. The van der Waals surface area contributed by atoms with Gasteiger partial charge >= 0.3 is 0 Å². The number of anilines is 1. The molecule has 17 heavy (non-hydrogen) atoms. The van der Waals surface area contributed by atoms with E-state index in [-0.39, 0.29) is 5.91 Å². The lowest BCUT2D eigenvalue weighted by molar-refractivity contribution is 0.0683. The molecule has 4 nitrogen and oxygen atoms in total. The van der Waals surface area contributed by atoms with Crippen molar-refractivity contribution in [3.63, 3.8) is 0 Å². The molecule has 1 aromatic heterocycles. The van der Waals surface area contributed by atoms with Gasteiger partial charge < -0.3 is 10.6 Å². The standard InChI is InChI=1S/C13H19N3O/c1-2-10-4-7-16(8-5-10)13(17)12-9-11(14)3-6-15-12/h3,6,9-10H,2,4-5,7-8H2,1H3,(H2,14,15). The summed E-state index contributed by atoms with van der Waals surface area (Å²) in [4.78, 5) is 18.1. The SMILES string of the molecule is CCC1CCN(C(=O)c2cc(N)ccn2)CC1. The van der Waals surface area contributed by atoms with E-state index in [1.807, 2.05) is 4.90 Å². The number of hydrogen-bond donors (Lipinski definition) is 1. The Morgan fingerprint density at radius 3 is 2.82 bits per heavy atom. The normalized spacial score (nSPS) is 17.1. The molecule has 1 aromatic rings. The van der Waals surface area contributed by atoms with Crippen LogP contribution in [0.15, 0.2) is 18.3 Å². The molecule has 1 aliphatic heterocycles. The summed E-state index contributed by atoms with van der Waals surface area (Å²) in [5.74, 6) is 0.778. The Morgan fingerprint density at radius 1 is 1.53 bits per heavy atom. The number of aromatic nitrogens is 1. The van der Waals surface area contributed by atoms with E-state index >= 15 is 0 Å². The first-order valence-corrected chi connectivity index (χ1v) is 6.21. The van der Waals surface area contributed by atoms with Gasteiger partial charge in [-0.2, -0.15) is 0 Å². The molecular formula is C13H19N3O. The van der Waals surface area contributed by atoms with Crippen molar-refractivity contribution < 1.29 is 4.79 Å². The second-order valence-electron chi connectivity index (χ2n) is 4.62. The van der Waals surface area contributed by atoms with Crippen LogP contribution in [0.2, 0.25) is 0 Å². The zero-order valence-corrected chi connectivity index (χ0v) is 10.2. The van der Waals surface area contributed by atoms with Gasteiger partial charge in [0.2, 0.25) is 0 Å². The van der Waals surface area contributed by atoms with Crippen molar-refractivity contribution in [3.05, 3.63) is 24.0 Å². The predicted octanol–water partition coefficient (Wildman–Crippen LogP) is 1.93. The molecule has 0 spiro atoms. The van der Waals surface area contributed by atoms with E-state index in [9.17, 15) is 4.79 Å². The first-order chi connectivity index (χ1) is 8.20. The summed E-state index contributed by atoms with van der Waals surface area (Å²) >= 11 is 0. The Hall–Kier alpha value is -1.58. The van der Waals surface area contributed by atoms with E-state index in [1.165, 1.54) is 6.42 Å². The van der Waals surface area contributed by atoms with Crippen molar-refractivity contribution in [2.75, 3.05) is 18.8 Å². The third-order valence-corrected chi connectivity index (χ3v) is 3.48. The molecule has 0 bridgehead atoms. The maximum atomic E-state index is 12.2. The fourth-order valence-corrected chi connectivity index (χ4v) is 2.27. The summed E-state index contributed by atoms with van der Waals surface area (Å²) in [6.07, 6.45) is 5.00. The summed E-state index contributed by atoms with van der Waals surface area (Å²) in [7, 11) is 0. The van der Waals surface area contributed by atoms with Gasteiger partial charge in [0.15, 0.2) is 0 Å². The van der Waals surface area contributed by atoms with Gasteiger partial charge in [-0.3, -0.25) is 9.78 Å². The highest BCUT2D eigenvalue weighted by Crippen LogP contribution is 2.21. The molecule has 0 unspecified atom stereocenters. The molecule has 1 saturated heterocycles. The minimum Gasteiger partial charge on any atom is -0.399 e. The Bertz CT molecular complexity index is 397. The van der Waals surface area contributed by atoms with Gasteiger partial charge in [-0.1, -0.05) is 13.3 Å². The summed E-state index contributed by atoms with van der Waals surface area (Å²) in [6.45, 7) is 3.89. The number of nitrogens with two attached hydrogens (primary N) is 1. The molecule has 92 valence electrons.